The fourth-order valence-electron chi connectivity index (χ4n) is 6.59. The highest BCUT2D eigenvalue weighted by Crippen LogP contribution is 2.44. The number of rotatable bonds is 4. The summed E-state index contributed by atoms with van der Waals surface area (Å²) in [7, 11) is 0. The molecule has 2 aromatic carbocycles. The van der Waals surface area contributed by atoms with Crippen molar-refractivity contribution in [3.8, 4) is 22.9 Å². The van der Waals surface area contributed by atoms with Crippen molar-refractivity contribution in [2.45, 2.75) is 37.0 Å². The summed E-state index contributed by atoms with van der Waals surface area (Å²) in [6.07, 6.45) is 1.20. The molecule has 3 fully saturated rings. The molecular weight excluding hydrogens is 516 g/mol. The zero-order valence-electron chi connectivity index (χ0n) is 21.2. The fourth-order valence-corrected chi connectivity index (χ4v) is 6.59. The monoisotopic (exact) mass is 544 g/mol. The summed E-state index contributed by atoms with van der Waals surface area (Å²) in [6, 6.07) is 3.40. The molecule has 3 saturated heterocycles. The summed E-state index contributed by atoms with van der Waals surface area (Å²) >= 11 is 0. The van der Waals surface area contributed by atoms with E-state index in [0.29, 0.717) is 43.8 Å². The topological polar surface area (TPSA) is 88.8 Å². The van der Waals surface area contributed by atoms with Gasteiger partial charge in [0.15, 0.2) is 11.6 Å². The lowest BCUT2D eigenvalue weighted by molar-refractivity contribution is 0.107. The van der Waals surface area contributed by atoms with Gasteiger partial charge in [-0.15, -0.1) is 0 Å². The van der Waals surface area contributed by atoms with Gasteiger partial charge in [0.1, 0.15) is 48.0 Å². The van der Waals surface area contributed by atoms with E-state index in [4.69, 9.17) is 20.2 Å². The van der Waals surface area contributed by atoms with E-state index >= 15 is 8.78 Å². The molecule has 4 aliphatic rings. The second kappa shape index (κ2) is 9.09. The number of nitrogens with zero attached hydrogens (tertiary/aromatic N) is 4. The number of ether oxygens (including phenoxy) is 2. The van der Waals surface area contributed by atoms with E-state index in [2.05, 4.69) is 15.2 Å². The molecule has 7 rings (SSSR count). The van der Waals surface area contributed by atoms with Gasteiger partial charge in [-0.2, -0.15) is 9.97 Å². The van der Waals surface area contributed by atoms with Crippen molar-refractivity contribution in [3.63, 3.8) is 0 Å². The summed E-state index contributed by atoms with van der Waals surface area (Å²) in [5.41, 5.74) is 3.97. The highest BCUT2D eigenvalue weighted by molar-refractivity contribution is 5.99. The predicted molar refractivity (Wildman–Crippen MR) is 137 cm³/mol. The molecule has 0 aliphatic carbocycles. The number of nitrogens with two attached hydrogens (primary N) is 1. The van der Waals surface area contributed by atoms with E-state index in [-0.39, 0.29) is 47.7 Å². The minimum Gasteiger partial charge on any atom is -0.491 e. The van der Waals surface area contributed by atoms with E-state index in [0.717, 1.165) is 31.5 Å². The van der Waals surface area contributed by atoms with Crippen LogP contribution in [0.5, 0.6) is 11.8 Å². The summed E-state index contributed by atoms with van der Waals surface area (Å²) in [5, 5.41) is 3.69. The van der Waals surface area contributed by atoms with Gasteiger partial charge in [-0.25, -0.2) is 17.6 Å². The molecule has 0 bridgehead atoms. The number of piperazine rings is 1. The van der Waals surface area contributed by atoms with Gasteiger partial charge in [-0.3, -0.25) is 4.90 Å². The molecule has 206 valence electrons. The quantitative estimate of drug-likeness (QED) is 0.382. The van der Waals surface area contributed by atoms with Gasteiger partial charge in [-0.05, 0) is 37.6 Å². The van der Waals surface area contributed by atoms with Crippen LogP contribution in [-0.2, 0) is 0 Å². The van der Waals surface area contributed by atoms with Gasteiger partial charge in [0.2, 0.25) is 0 Å². The summed E-state index contributed by atoms with van der Waals surface area (Å²) in [6.45, 7) is 3.57. The van der Waals surface area contributed by atoms with Crippen LogP contribution >= 0.6 is 0 Å². The number of alkyl halides is 1. The Morgan fingerprint density at radius 2 is 2.03 bits per heavy atom. The first-order chi connectivity index (χ1) is 18.8. The lowest BCUT2D eigenvalue weighted by Crippen LogP contribution is -2.53. The molecule has 3 aromatic rings. The summed E-state index contributed by atoms with van der Waals surface area (Å²) in [4.78, 5) is 13.3. The van der Waals surface area contributed by atoms with Crippen molar-refractivity contribution in [1.29, 1.82) is 0 Å². The van der Waals surface area contributed by atoms with Crippen molar-refractivity contribution < 1.29 is 27.0 Å². The van der Waals surface area contributed by atoms with E-state index in [1.807, 2.05) is 4.90 Å². The number of aromatic nitrogens is 2. The fraction of sp³-hybridized carbons (Fsp3) is 0.481. The van der Waals surface area contributed by atoms with Crippen LogP contribution in [0.3, 0.4) is 0 Å². The molecule has 39 heavy (non-hydrogen) atoms. The van der Waals surface area contributed by atoms with Gasteiger partial charge in [-0.1, -0.05) is 0 Å². The Kier molecular flexibility index (Phi) is 5.74. The smallest absolute Gasteiger partial charge is 0.319 e. The zero-order valence-corrected chi connectivity index (χ0v) is 21.2. The average Bonchev–Trinajstić information content (AvgIpc) is 3.40. The van der Waals surface area contributed by atoms with E-state index in [1.165, 1.54) is 6.07 Å². The third kappa shape index (κ3) is 3.87. The Balaban J connectivity index is 1.37. The van der Waals surface area contributed by atoms with Crippen LogP contribution in [0.4, 0.5) is 29.1 Å². The van der Waals surface area contributed by atoms with Gasteiger partial charge in [0.25, 0.3) is 0 Å². The normalized spacial score (nSPS) is 26.3. The lowest BCUT2D eigenvalue weighted by Gasteiger charge is -2.35. The van der Waals surface area contributed by atoms with Gasteiger partial charge < -0.3 is 25.4 Å². The van der Waals surface area contributed by atoms with Gasteiger partial charge in [0, 0.05) is 43.7 Å². The first-order valence-electron chi connectivity index (χ1n) is 13.2. The molecule has 3 atom stereocenters. The lowest BCUT2D eigenvalue weighted by atomic mass is 9.95. The Morgan fingerprint density at radius 1 is 1.15 bits per heavy atom. The molecule has 0 amide bonds. The number of halogens is 4. The number of fused-ring (bicyclic) bond motifs is 3. The van der Waals surface area contributed by atoms with Gasteiger partial charge >= 0.3 is 6.01 Å². The Labute approximate surface area is 222 Å². The van der Waals surface area contributed by atoms with Crippen molar-refractivity contribution >= 4 is 22.4 Å². The van der Waals surface area contributed by atoms with Crippen LogP contribution in [0.2, 0.25) is 0 Å². The number of anilines is 2. The highest BCUT2D eigenvalue weighted by Gasteiger charge is 2.49. The molecule has 12 heteroatoms. The van der Waals surface area contributed by atoms with E-state index < -0.39 is 34.8 Å². The van der Waals surface area contributed by atoms with Crippen LogP contribution < -0.4 is 25.4 Å². The predicted octanol–water partition coefficient (Wildman–Crippen LogP) is 3.42. The van der Waals surface area contributed by atoms with Crippen LogP contribution in [0, 0.1) is 17.5 Å². The Morgan fingerprint density at radius 3 is 2.90 bits per heavy atom. The molecule has 4 aliphatic heterocycles. The molecule has 5 heterocycles. The van der Waals surface area contributed by atoms with E-state index in [1.54, 1.807) is 0 Å². The van der Waals surface area contributed by atoms with Crippen molar-refractivity contribution in [2.24, 2.45) is 0 Å². The van der Waals surface area contributed by atoms with Gasteiger partial charge in [0.05, 0.1) is 17.0 Å². The third-order valence-corrected chi connectivity index (χ3v) is 8.54. The molecule has 0 saturated carbocycles. The standard InChI is InChI=1S/C27H28F4N6O2/c28-14-9-27(4-1-6-36(27)11-14)13-39-26-34-24-20-19(38-12-15-10-33-5-7-37(15)25(20)35-26)8-17(22(24)31)16-2-3-18(29)23(32)21(16)30/h2-3,8,14-15,33H,1,4-7,9-13,32H2/t14-,15-,27+/m1/s1. The maximum absolute atomic E-state index is 16.2. The molecular formula is C27H28F4N6O2. The van der Waals surface area contributed by atoms with E-state index in [9.17, 15) is 8.78 Å². The molecule has 0 spiro atoms. The van der Waals surface area contributed by atoms with Crippen molar-refractivity contribution in [1.82, 2.24) is 20.2 Å². The molecule has 8 nitrogen and oxygen atoms in total. The largest absolute Gasteiger partial charge is 0.491 e. The van der Waals surface area contributed by atoms with Crippen LogP contribution in [-0.4, -0.2) is 78.6 Å². The number of nitrogens with one attached hydrogen (secondary N) is 1. The van der Waals surface area contributed by atoms with Crippen LogP contribution in [0.15, 0.2) is 18.2 Å². The Hall–Kier alpha value is -3.38. The highest BCUT2D eigenvalue weighted by atomic mass is 19.1. The SMILES string of the molecule is Nc1c(F)ccc(-c2cc3c4c(nc(OC[C@@]56CCCN5C[C@H](F)C6)nc4c2F)N2CCNC[C@@H]2CO3)c1F. The van der Waals surface area contributed by atoms with Crippen molar-refractivity contribution in [3.05, 3.63) is 35.7 Å². The second-order valence-electron chi connectivity index (χ2n) is 10.8. The first-order valence-corrected chi connectivity index (χ1v) is 13.2. The number of hydrogen-bond donors (Lipinski definition) is 2. The third-order valence-electron chi connectivity index (χ3n) is 8.54. The molecule has 3 N–H and O–H groups in total. The summed E-state index contributed by atoms with van der Waals surface area (Å²) in [5.74, 6) is -2.07. The molecule has 0 radical (unpaired) electrons. The minimum atomic E-state index is -1.07. The van der Waals surface area contributed by atoms with Crippen molar-refractivity contribution in [2.75, 3.05) is 56.6 Å². The first kappa shape index (κ1) is 24.6. The summed E-state index contributed by atoms with van der Waals surface area (Å²) < 4.78 is 71.7. The van der Waals surface area contributed by atoms with Crippen LogP contribution in [0.25, 0.3) is 22.0 Å². The number of benzene rings is 2. The number of hydrogen-bond acceptors (Lipinski definition) is 8. The Bertz CT molecular complexity index is 1470. The molecule has 1 aromatic heterocycles. The number of nitrogen functional groups attached to an aromatic ring is 1. The van der Waals surface area contributed by atoms with Crippen LogP contribution in [0.1, 0.15) is 19.3 Å². The minimum absolute atomic E-state index is 0.0405. The zero-order chi connectivity index (χ0) is 26.9. The maximum Gasteiger partial charge on any atom is 0.319 e. The maximum atomic E-state index is 16.2. The average molecular weight is 545 g/mol. The second-order valence-corrected chi connectivity index (χ2v) is 10.8. The molecule has 0 unspecified atom stereocenters.